The first-order valence-corrected chi connectivity index (χ1v) is 6.91. The predicted molar refractivity (Wildman–Crippen MR) is 68.9 cm³/mol. The quantitative estimate of drug-likeness (QED) is 0.850. The molecule has 0 aromatic carbocycles. The van der Waals surface area contributed by atoms with Crippen molar-refractivity contribution in [3.63, 3.8) is 0 Å². The molecule has 1 aromatic rings. The summed E-state index contributed by atoms with van der Waals surface area (Å²) in [6, 6.07) is 0. The summed E-state index contributed by atoms with van der Waals surface area (Å²) in [7, 11) is 0. The Bertz CT molecular complexity index is 327. The first-order valence-electron chi connectivity index (χ1n) is 6.91. The van der Waals surface area contributed by atoms with Crippen molar-refractivity contribution in [3.05, 3.63) is 17.8 Å². The van der Waals surface area contributed by atoms with Gasteiger partial charge >= 0.3 is 0 Å². The molecule has 1 saturated carbocycles. The van der Waals surface area contributed by atoms with Crippen LogP contribution in [0.25, 0.3) is 0 Å². The van der Waals surface area contributed by atoms with Gasteiger partial charge < -0.3 is 9.73 Å². The molecule has 0 radical (unpaired) electrons. The van der Waals surface area contributed by atoms with E-state index in [1.165, 1.54) is 32.1 Å². The number of nitrogens with zero attached hydrogens (tertiary/aromatic N) is 1. The monoisotopic (exact) mass is 236 g/mol. The van der Waals surface area contributed by atoms with Crippen molar-refractivity contribution in [1.29, 1.82) is 0 Å². The lowest BCUT2D eigenvalue weighted by Gasteiger charge is -2.18. The van der Waals surface area contributed by atoms with Gasteiger partial charge in [-0.15, -0.1) is 0 Å². The van der Waals surface area contributed by atoms with E-state index in [1.807, 2.05) is 6.20 Å². The Morgan fingerprint density at radius 3 is 2.82 bits per heavy atom. The number of rotatable bonds is 5. The van der Waals surface area contributed by atoms with Gasteiger partial charge in [0.15, 0.2) is 0 Å². The Kier molecular flexibility index (Phi) is 4.60. The van der Waals surface area contributed by atoms with Crippen molar-refractivity contribution < 1.29 is 4.42 Å². The third kappa shape index (κ3) is 3.84. The van der Waals surface area contributed by atoms with E-state index in [0.717, 1.165) is 24.7 Å². The minimum absolute atomic E-state index is 0.620. The second kappa shape index (κ2) is 6.20. The van der Waals surface area contributed by atoms with Gasteiger partial charge in [0.25, 0.3) is 0 Å². The van der Waals surface area contributed by atoms with Crippen LogP contribution in [-0.4, -0.2) is 11.5 Å². The molecular weight excluding hydrogens is 212 g/mol. The molecule has 0 unspecified atom stereocenters. The van der Waals surface area contributed by atoms with Crippen LogP contribution in [0, 0.1) is 5.92 Å². The zero-order valence-corrected chi connectivity index (χ0v) is 11.0. The highest BCUT2D eigenvalue weighted by Gasteiger charge is 2.19. The Morgan fingerprint density at radius 1 is 1.35 bits per heavy atom. The van der Waals surface area contributed by atoms with Crippen molar-refractivity contribution in [3.8, 4) is 0 Å². The van der Waals surface area contributed by atoms with Crippen molar-refractivity contribution in [2.45, 2.75) is 58.4 Å². The second-order valence-corrected chi connectivity index (χ2v) is 5.52. The fourth-order valence-electron chi connectivity index (χ4n) is 2.45. The zero-order valence-electron chi connectivity index (χ0n) is 11.0. The van der Waals surface area contributed by atoms with Crippen molar-refractivity contribution >= 4 is 0 Å². The van der Waals surface area contributed by atoms with Crippen LogP contribution in [0.1, 0.15) is 63.5 Å². The van der Waals surface area contributed by atoms with Gasteiger partial charge in [-0.2, -0.15) is 0 Å². The normalized spacial score (nSPS) is 17.8. The van der Waals surface area contributed by atoms with Crippen LogP contribution in [0.3, 0.4) is 0 Å². The predicted octanol–water partition coefficient (Wildman–Crippen LogP) is 3.47. The molecule has 2 rings (SSSR count). The van der Waals surface area contributed by atoms with Gasteiger partial charge in [0.2, 0.25) is 5.89 Å². The Morgan fingerprint density at radius 2 is 2.12 bits per heavy atom. The molecule has 96 valence electrons. The highest BCUT2D eigenvalue weighted by Crippen LogP contribution is 2.32. The summed E-state index contributed by atoms with van der Waals surface area (Å²) in [4.78, 5) is 4.36. The molecule has 3 nitrogen and oxygen atoms in total. The number of aromatic nitrogens is 1. The Balaban J connectivity index is 1.82. The summed E-state index contributed by atoms with van der Waals surface area (Å²) < 4.78 is 5.83. The van der Waals surface area contributed by atoms with Crippen molar-refractivity contribution in [1.82, 2.24) is 10.3 Å². The van der Waals surface area contributed by atoms with Crippen LogP contribution in [0.2, 0.25) is 0 Å². The molecule has 3 heteroatoms. The van der Waals surface area contributed by atoms with Crippen LogP contribution in [0.5, 0.6) is 0 Å². The molecule has 0 atom stereocenters. The van der Waals surface area contributed by atoms with Crippen LogP contribution in [0.15, 0.2) is 10.6 Å². The van der Waals surface area contributed by atoms with Gasteiger partial charge in [0.05, 0.1) is 12.7 Å². The average molecular weight is 236 g/mol. The maximum atomic E-state index is 5.83. The molecule has 0 amide bonds. The minimum atomic E-state index is 0.620. The molecule has 1 aromatic heterocycles. The zero-order chi connectivity index (χ0) is 12.1. The minimum Gasteiger partial charge on any atom is -0.444 e. The van der Waals surface area contributed by atoms with Crippen LogP contribution in [-0.2, 0) is 6.54 Å². The van der Waals surface area contributed by atoms with Crippen molar-refractivity contribution in [2.75, 3.05) is 6.54 Å². The van der Waals surface area contributed by atoms with Gasteiger partial charge in [-0.3, -0.25) is 0 Å². The van der Waals surface area contributed by atoms with E-state index in [2.05, 4.69) is 24.1 Å². The molecule has 1 fully saturated rings. The smallest absolute Gasteiger partial charge is 0.208 e. The topological polar surface area (TPSA) is 38.1 Å². The van der Waals surface area contributed by atoms with Gasteiger partial charge in [0, 0.05) is 5.92 Å². The van der Waals surface area contributed by atoms with Crippen LogP contribution in [0.4, 0.5) is 0 Å². The summed E-state index contributed by atoms with van der Waals surface area (Å²) in [5, 5.41) is 3.36. The molecule has 1 N–H and O–H groups in total. The first kappa shape index (κ1) is 12.6. The second-order valence-electron chi connectivity index (χ2n) is 5.52. The maximum Gasteiger partial charge on any atom is 0.208 e. The number of hydrogen-bond donors (Lipinski definition) is 1. The summed E-state index contributed by atoms with van der Waals surface area (Å²) in [5.41, 5.74) is 0. The van der Waals surface area contributed by atoms with E-state index in [-0.39, 0.29) is 0 Å². The lowest BCUT2D eigenvalue weighted by Crippen LogP contribution is -2.19. The SMILES string of the molecule is CC(C)CNCc1ncc(C2CCCCC2)o1. The molecule has 0 bridgehead atoms. The van der Waals surface area contributed by atoms with Gasteiger partial charge in [-0.25, -0.2) is 4.98 Å². The molecule has 17 heavy (non-hydrogen) atoms. The molecule has 1 heterocycles. The Labute approximate surface area is 104 Å². The highest BCUT2D eigenvalue weighted by atomic mass is 16.4. The molecule has 0 spiro atoms. The van der Waals surface area contributed by atoms with E-state index in [9.17, 15) is 0 Å². The van der Waals surface area contributed by atoms with E-state index < -0.39 is 0 Å². The molecular formula is C14H24N2O. The van der Waals surface area contributed by atoms with Gasteiger partial charge in [-0.1, -0.05) is 33.1 Å². The van der Waals surface area contributed by atoms with Crippen molar-refractivity contribution in [2.24, 2.45) is 5.92 Å². The number of nitrogens with one attached hydrogen (secondary N) is 1. The van der Waals surface area contributed by atoms with Gasteiger partial charge in [-0.05, 0) is 25.3 Å². The number of oxazole rings is 1. The maximum absolute atomic E-state index is 5.83. The Hall–Kier alpha value is -0.830. The standard InChI is InChI=1S/C14H24N2O/c1-11(2)8-15-10-14-16-9-13(17-14)12-6-4-3-5-7-12/h9,11-12,15H,3-8,10H2,1-2H3. The summed E-state index contributed by atoms with van der Waals surface area (Å²) in [6.45, 7) is 6.18. The molecule has 0 saturated heterocycles. The first-order chi connectivity index (χ1) is 8.25. The number of hydrogen-bond acceptors (Lipinski definition) is 3. The lowest BCUT2D eigenvalue weighted by molar-refractivity contribution is 0.353. The average Bonchev–Trinajstić information content (AvgIpc) is 2.78. The van der Waals surface area contributed by atoms with Gasteiger partial charge in [0.1, 0.15) is 5.76 Å². The van der Waals surface area contributed by atoms with E-state index in [4.69, 9.17) is 4.42 Å². The third-order valence-corrected chi connectivity index (χ3v) is 3.41. The van der Waals surface area contributed by atoms with E-state index >= 15 is 0 Å². The molecule has 1 aliphatic rings. The van der Waals surface area contributed by atoms with Crippen LogP contribution >= 0.6 is 0 Å². The summed E-state index contributed by atoms with van der Waals surface area (Å²) in [5.74, 6) is 3.23. The third-order valence-electron chi connectivity index (χ3n) is 3.41. The fraction of sp³-hybridized carbons (Fsp3) is 0.786. The molecule has 0 aliphatic heterocycles. The summed E-state index contributed by atoms with van der Waals surface area (Å²) >= 11 is 0. The highest BCUT2D eigenvalue weighted by molar-refractivity contribution is 5.02. The lowest BCUT2D eigenvalue weighted by atomic mass is 9.88. The summed E-state index contributed by atoms with van der Waals surface area (Å²) in [6.07, 6.45) is 8.54. The fourth-order valence-corrected chi connectivity index (χ4v) is 2.45. The molecule has 1 aliphatic carbocycles. The largest absolute Gasteiger partial charge is 0.444 e. The van der Waals surface area contributed by atoms with E-state index in [1.54, 1.807) is 0 Å². The van der Waals surface area contributed by atoms with E-state index in [0.29, 0.717) is 11.8 Å². The van der Waals surface area contributed by atoms with Crippen LogP contribution < -0.4 is 5.32 Å².